The summed E-state index contributed by atoms with van der Waals surface area (Å²) < 4.78 is 1.57. The number of hydrogen-bond donors (Lipinski definition) is 1. The van der Waals surface area contributed by atoms with E-state index in [1.54, 1.807) is 23.7 Å². The molecule has 0 bridgehead atoms. The maximum Gasteiger partial charge on any atom is 0.328 e. The fourth-order valence-corrected chi connectivity index (χ4v) is 2.07. The Morgan fingerprint density at radius 3 is 2.76 bits per heavy atom. The van der Waals surface area contributed by atoms with E-state index in [0.29, 0.717) is 10.7 Å². The van der Waals surface area contributed by atoms with E-state index in [9.17, 15) is 9.59 Å². The van der Waals surface area contributed by atoms with Crippen LogP contribution in [0.25, 0.3) is 11.8 Å². The summed E-state index contributed by atoms with van der Waals surface area (Å²) in [7, 11) is 0. The molecule has 0 saturated carbocycles. The summed E-state index contributed by atoms with van der Waals surface area (Å²) in [4.78, 5) is 22.4. The molecule has 5 nitrogen and oxygen atoms in total. The summed E-state index contributed by atoms with van der Waals surface area (Å²) in [5, 5.41) is 13.5. The lowest BCUT2D eigenvalue weighted by Crippen LogP contribution is -2.17. The van der Waals surface area contributed by atoms with Gasteiger partial charge in [0.25, 0.3) is 0 Å². The second-order valence-corrected chi connectivity index (χ2v) is 4.91. The fourth-order valence-electron chi connectivity index (χ4n) is 1.90. The number of carboxylic acids is 1. The summed E-state index contributed by atoms with van der Waals surface area (Å²) in [6.07, 6.45) is 2.06. The third-order valence-electron chi connectivity index (χ3n) is 2.99. The third kappa shape index (κ3) is 3.20. The van der Waals surface area contributed by atoms with Gasteiger partial charge in [-0.25, -0.2) is 9.48 Å². The van der Waals surface area contributed by atoms with Crippen LogP contribution in [0.2, 0.25) is 5.02 Å². The van der Waals surface area contributed by atoms with Gasteiger partial charge >= 0.3 is 5.97 Å². The molecule has 2 aromatic rings. The maximum atomic E-state index is 11.8. The second-order valence-electron chi connectivity index (χ2n) is 4.50. The molecule has 6 heteroatoms. The van der Waals surface area contributed by atoms with E-state index in [2.05, 4.69) is 5.10 Å². The van der Waals surface area contributed by atoms with Gasteiger partial charge in [-0.2, -0.15) is 5.10 Å². The van der Waals surface area contributed by atoms with Crippen LogP contribution in [0.1, 0.15) is 17.0 Å². The molecule has 108 valence electrons. The van der Waals surface area contributed by atoms with Crippen molar-refractivity contribution in [2.45, 2.75) is 13.8 Å². The molecule has 0 unspecified atom stereocenters. The molecule has 1 aromatic heterocycles. The first kappa shape index (κ1) is 15.0. The van der Waals surface area contributed by atoms with E-state index in [0.717, 1.165) is 17.3 Å². The van der Waals surface area contributed by atoms with Crippen LogP contribution in [-0.2, 0) is 4.79 Å². The molecular weight excluding hydrogens is 292 g/mol. The van der Waals surface area contributed by atoms with E-state index < -0.39 is 5.97 Å². The molecule has 0 aliphatic carbocycles. The van der Waals surface area contributed by atoms with Crippen LogP contribution < -0.4 is 5.43 Å². The Morgan fingerprint density at radius 2 is 2.10 bits per heavy atom. The van der Waals surface area contributed by atoms with Gasteiger partial charge in [-0.15, -0.1) is 0 Å². The highest BCUT2D eigenvalue weighted by atomic mass is 35.5. The van der Waals surface area contributed by atoms with Crippen molar-refractivity contribution < 1.29 is 9.90 Å². The predicted molar refractivity (Wildman–Crippen MR) is 81.0 cm³/mol. The van der Waals surface area contributed by atoms with Crippen molar-refractivity contribution >= 4 is 23.6 Å². The number of aryl methyl sites for hydroxylation is 1. The first-order chi connectivity index (χ1) is 9.90. The van der Waals surface area contributed by atoms with Gasteiger partial charge in [0, 0.05) is 22.9 Å². The van der Waals surface area contributed by atoms with Gasteiger partial charge in [0.2, 0.25) is 5.43 Å². The van der Waals surface area contributed by atoms with Crippen molar-refractivity contribution in [3.63, 3.8) is 0 Å². The van der Waals surface area contributed by atoms with Crippen LogP contribution in [0, 0.1) is 13.8 Å². The average molecular weight is 305 g/mol. The molecule has 0 radical (unpaired) electrons. The molecule has 1 aromatic carbocycles. The molecule has 0 fully saturated rings. The van der Waals surface area contributed by atoms with Crippen LogP contribution in [0.3, 0.4) is 0 Å². The zero-order valence-corrected chi connectivity index (χ0v) is 12.3. The Balaban J connectivity index is 2.64. The zero-order valence-electron chi connectivity index (χ0n) is 11.5. The topological polar surface area (TPSA) is 72.2 Å². The number of nitrogens with zero attached hydrogens (tertiary/aromatic N) is 2. The van der Waals surface area contributed by atoms with E-state index >= 15 is 0 Å². The fraction of sp³-hybridized carbons (Fsp3) is 0.133. The Labute approximate surface area is 126 Å². The molecular formula is C15H13ClN2O3. The lowest BCUT2D eigenvalue weighted by atomic mass is 10.2. The Bertz CT molecular complexity index is 794. The first-order valence-corrected chi connectivity index (χ1v) is 6.55. The molecule has 0 saturated heterocycles. The summed E-state index contributed by atoms with van der Waals surface area (Å²) in [6.45, 7) is 3.60. The van der Waals surface area contributed by atoms with E-state index in [4.69, 9.17) is 16.7 Å². The van der Waals surface area contributed by atoms with Crippen molar-refractivity contribution in [3.8, 4) is 5.69 Å². The van der Waals surface area contributed by atoms with Crippen molar-refractivity contribution in [1.29, 1.82) is 0 Å². The van der Waals surface area contributed by atoms with Crippen LogP contribution in [0.4, 0.5) is 0 Å². The molecule has 2 rings (SSSR count). The minimum absolute atomic E-state index is 0.0578. The van der Waals surface area contributed by atoms with Crippen molar-refractivity contribution in [3.05, 3.63) is 62.5 Å². The van der Waals surface area contributed by atoms with Crippen LogP contribution in [-0.4, -0.2) is 20.9 Å². The number of aliphatic carboxylic acids is 1. The highest BCUT2D eigenvalue weighted by molar-refractivity contribution is 6.31. The summed E-state index contributed by atoms with van der Waals surface area (Å²) in [5.74, 6) is -1.14. The van der Waals surface area contributed by atoms with Gasteiger partial charge < -0.3 is 5.11 Å². The van der Waals surface area contributed by atoms with Gasteiger partial charge in [0.05, 0.1) is 5.69 Å². The van der Waals surface area contributed by atoms with E-state index in [1.807, 2.05) is 13.0 Å². The highest BCUT2D eigenvalue weighted by Gasteiger charge is 2.09. The van der Waals surface area contributed by atoms with Crippen LogP contribution in [0.15, 0.2) is 35.1 Å². The number of rotatable bonds is 3. The SMILES string of the molecule is Cc1c(Cl)cccc1-n1nc(/C=C/C(=O)O)c(=O)cc1C. The zero-order chi connectivity index (χ0) is 15.6. The number of aromatic nitrogens is 2. The molecule has 1 heterocycles. The molecule has 0 aliphatic heterocycles. The first-order valence-electron chi connectivity index (χ1n) is 6.17. The number of carbonyl (C=O) groups is 1. The lowest BCUT2D eigenvalue weighted by Gasteiger charge is -2.13. The summed E-state index contributed by atoms with van der Waals surface area (Å²) in [6, 6.07) is 6.80. The predicted octanol–water partition coefficient (Wildman–Crippen LogP) is 2.60. The molecule has 0 amide bonds. The number of hydrogen-bond acceptors (Lipinski definition) is 3. The van der Waals surface area contributed by atoms with Gasteiger partial charge in [-0.3, -0.25) is 4.79 Å². The Kier molecular flexibility index (Phi) is 4.23. The van der Waals surface area contributed by atoms with Gasteiger partial charge in [0.1, 0.15) is 5.69 Å². The number of carboxylic acid groups (broad SMARTS) is 1. The van der Waals surface area contributed by atoms with E-state index in [1.165, 1.54) is 12.1 Å². The maximum absolute atomic E-state index is 11.8. The quantitative estimate of drug-likeness (QED) is 0.885. The van der Waals surface area contributed by atoms with Crippen molar-refractivity contribution in [2.75, 3.05) is 0 Å². The molecule has 0 atom stereocenters. The van der Waals surface area contributed by atoms with Crippen LogP contribution in [0.5, 0.6) is 0 Å². The molecule has 1 N–H and O–H groups in total. The monoisotopic (exact) mass is 304 g/mol. The second kappa shape index (κ2) is 5.93. The van der Waals surface area contributed by atoms with Crippen molar-refractivity contribution in [2.24, 2.45) is 0 Å². The lowest BCUT2D eigenvalue weighted by molar-refractivity contribution is -0.131. The summed E-state index contributed by atoms with van der Waals surface area (Å²) >= 11 is 6.10. The molecule has 0 aliphatic rings. The van der Waals surface area contributed by atoms with Gasteiger partial charge in [-0.1, -0.05) is 17.7 Å². The van der Waals surface area contributed by atoms with Crippen molar-refractivity contribution in [1.82, 2.24) is 9.78 Å². The largest absolute Gasteiger partial charge is 0.478 e. The minimum atomic E-state index is -1.14. The minimum Gasteiger partial charge on any atom is -0.478 e. The normalized spacial score (nSPS) is 11.0. The Morgan fingerprint density at radius 1 is 1.38 bits per heavy atom. The highest BCUT2D eigenvalue weighted by Crippen LogP contribution is 2.22. The van der Waals surface area contributed by atoms with Crippen LogP contribution >= 0.6 is 11.6 Å². The summed E-state index contributed by atoms with van der Waals surface area (Å²) in [5.41, 5.74) is 1.93. The molecule has 21 heavy (non-hydrogen) atoms. The van der Waals surface area contributed by atoms with E-state index in [-0.39, 0.29) is 11.1 Å². The Hall–Kier alpha value is -2.40. The van der Waals surface area contributed by atoms with Gasteiger partial charge in [0.15, 0.2) is 0 Å². The van der Waals surface area contributed by atoms with Gasteiger partial charge in [-0.05, 0) is 37.6 Å². The number of benzene rings is 1. The smallest absolute Gasteiger partial charge is 0.328 e. The molecule has 0 spiro atoms. The average Bonchev–Trinajstić information content (AvgIpc) is 2.41. The number of halogens is 1. The standard InChI is InChI=1S/C15H13ClN2O3/c1-9-8-14(19)12(6-7-15(20)21)17-18(9)13-5-3-4-11(16)10(13)2/h3-8H,1-2H3,(H,20,21)/b7-6+. The third-order valence-corrected chi connectivity index (χ3v) is 3.39.